The molecule has 0 radical (unpaired) electrons. The fraction of sp³-hybridized carbons (Fsp3) is 0.417. The van der Waals surface area contributed by atoms with Crippen molar-refractivity contribution in [2.45, 2.75) is 26.2 Å². The Morgan fingerprint density at radius 2 is 2.07 bits per heavy atom. The molecule has 0 aliphatic heterocycles. The van der Waals surface area contributed by atoms with Crippen LogP contribution in [-0.2, 0) is 10.2 Å². The average Bonchev–Trinajstić information content (AvgIpc) is 2.14. The van der Waals surface area contributed by atoms with Gasteiger partial charge in [-0.25, -0.2) is 0 Å². The predicted octanol–water partition coefficient (Wildman–Crippen LogP) is 2.56. The van der Waals surface area contributed by atoms with E-state index in [-0.39, 0.29) is 12.0 Å². The van der Waals surface area contributed by atoms with Crippen LogP contribution in [0.5, 0.6) is 5.75 Å². The van der Waals surface area contributed by atoms with Crippen molar-refractivity contribution in [1.82, 2.24) is 0 Å². The molecule has 0 aliphatic carbocycles. The highest BCUT2D eigenvalue weighted by atomic mass is 16.5. The molecule has 1 aromatic rings. The molecule has 76 valence electrons. The molecule has 0 atom stereocenters. The lowest BCUT2D eigenvalue weighted by Crippen LogP contribution is -2.11. The zero-order valence-corrected chi connectivity index (χ0v) is 8.91. The number of benzene rings is 1. The summed E-state index contributed by atoms with van der Waals surface area (Å²) in [5.74, 6) is 0.754. The Kier molecular flexibility index (Phi) is 3.28. The average molecular weight is 192 g/mol. The first-order valence-electron chi connectivity index (χ1n) is 4.71. The number of rotatable bonds is 3. The van der Waals surface area contributed by atoms with E-state index in [9.17, 15) is 4.79 Å². The normalized spacial score (nSPS) is 11.1. The highest BCUT2D eigenvalue weighted by Gasteiger charge is 2.13. The molecule has 0 N–H and O–H groups in total. The molecule has 0 bridgehead atoms. The summed E-state index contributed by atoms with van der Waals surface area (Å²) in [5, 5.41) is 0. The summed E-state index contributed by atoms with van der Waals surface area (Å²) in [4.78, 5) is 10.1. The zero-order valence-electron chi connectivity index (χ0n) is 8.91. The zero-order chi connectivity index (χ0) is 10.6. The fourth-order valence-electron chi connectivity index (χ4n) is 1.18. The van der Waals surface area contributed by atoms with Crippen molar-refractivity contribution in [3.63, 3.8) is 0 Å². The van der Waals surface area contributed by atoms with Crippen LogP contribution in [-0.4, -0.2) is 12.9 Å². The molecule has 14 heavy (non-hydrogen) atoms. The lowest BCUT2D eigenvalue weighted by Gasteiger charge is -2.19. The lowest BCUT2D eigenvalue weighted by molar-refractivity contribution is -0.109. The second-order valence-electron chi connectivity index (χ2n) is 4.26. The van der Waals surface area contributed by atoms with E-state index in [1.807, 2.05) is 18.2 Å². The third-order valence-corrected chi connectivity index (χ3v) is 2.02. The van der Waals surface area contributed by atoms with Crippen LogP contribution >= 0.6 is 0 Å². The minimum absolute atomic E-state index is 0.112. The first-order chi connectivity index (χ1) is 6.54. The quantitative estimate of drug-likeness (QED) is 0.688. The molecule has 0 aromatic heterocycles. The Morgan fingerprint density at radius 3 is 2.64 bits per heavy atom. The largest absolute Gasteiger partial charge is 0.486 e. The van der Waals surface area contributed by atoms with E-state index in [0.717, 1.165) is 12.0 Å². The smallest absolute Gasteiger partial charge is 0.157 e. The van der Waals surface area contributed by atoms with Gasteiger partial charge in [-0.3, -0.25) is 4.79 Å². The van der Waals surface area contributed by atoms with Crippen LogP contribution in [0.25, 0.3) is 0 Å². The summed E-state index contributed by atoms with van der Waals surface area (Å²) in [7, 11) is 0. The number of ether oxygens (including phenoxy) is 1. The Hall–Kier alpha value is -1.31. The molecule has 0 aliphatic rings. The molecule has 0 spiro atoms. The molecule has 0 fully saturated rings. The van der Waals surface area contributed by atoms with E-state index in [2.05, 4.69) is 26.8 Å². The highest BCUT2D eigenvalue weighted by Crippen LogP contribution is 2.25. The van der Waals surface area contributed by atoms with E-state index in [4.69, 9.17) is 4.74 Å². The molecule has 1 rings (SSSR count). The summed E-state index contributed by atoms with van der Waals surface area (Å²) in [5.41, 5.74) is 1.32. The van der Waals surface area contributed by atoms with Gasteiger partial charge in [-0.05, 0) is 23.1 Å². The highest BCUT2D eigenvalue weighted by molar-refractivity contribution is 5.51. The molecule has 0 saturated heterocycles. The maximum atomic E-state index is 10.1. The van der Waals surface area contributed by atoms with Crippen molar-refractivity contribution < 1.29 is 9.53 Å². The maximum absolute atomic E-state index is 10.1. The second kappa shape index (κ2) is 4.27. The van der Waals surface area contributed by atoms with Gasteiger partial charge in [0.05, 0.1) is 0 Å². The molecular weight excluding hydrogens is 176 g/mol. The Morgan fingerprint density at radius 1 is 1.36 bits per heavy atom. The van der Waals surface area contributed by atoms with E-state index in [0.29, 0.717) is 0 Å². The van der Waals surface area contributed by atoms with Gasteiger partial charge in [0.1, 0.15) is 12.4 Å². The molecule has 0 amide bonds. The van der Waals surface area contributed by atoms with Crippen molar-refractivity contribution in [2.75, 3.05) is 6.61 Å². The van der Waals surface area contributed by atoms with E-state index in [1.165, 1.54) is 5.56 Å². The molecular formula is C12H16O2. The van der Waals surface area contributed by atoms with Crippen LogP contribution in [0.15, 0.2) is 24.3 Å². The van der Waals surface area contributed by atoms with Crippen LogP contribution in [0.2, 0.25) is 0 Å². The molecule has 0 heterocycles. The maximum Gasteiger partial charge on any atom is 0.157 e. The molecule has 2 heteroatoms. The summed E-state index contributed by atoms with van der Waals surface area (Å²) in [6.07, 6.45) is 0.754. The third-order valence-electron chi connectivity index (χ3n) is 2.02. The van der Waals surface area contributed by atoms with Crippen molar-refractivity contribution >= 4 is 6.29 Å². The number of carbonyl (C=O) groups is 1. The monoisotopic (exact) mass is 192 g/mol. The Bertz CT molecular complexity index is 310. The molecule has 1 aromatic carbocycles. The topological polar surface area (TPSA) is 26.3 Å². The first-order valence-corrected chi connectivity index (χ1v) is 4.71. The van der Waals surface area contributed by atoms with Crippen LogP contribution in [0.3, 0.4) is 0 Å². The van der Waals surface area contributed by atoms with Crippen molar-refractivity contribution in [2.24, 2.45) is 0 Å². The van der Waals surface area contributed by atoms with Crippen molar-refractivity contribution in [3.05, 3.63) is 29.8 Å². The van der Waals surface area contributed by atoms with Crippen molar-refractivity contribution in [3.8, 4) is 5.75 Å². The van der Waals surface area contributed by atoms with Gasteiger partial charge in [-0.1, -0.05) is 32.9 Å². The van der Waals surface area contributed by atoms with E-state index < -0.39 is 0 Å². The van der Waals surface area contributed by atoms with Crippen molar-refractivity contribution in [1.29, 1.82) is 0 Å². The third kappa shape index (κ3) is 2.87. The van der Waals surface area contributed by atoms with Gasteiger partial charge < -0.3 is 4.74 Å². The molecule has 2 nitrogen and oxygen atoms in total. The second-order valence-corrected chi connectivity index (χ2v) is 4.26. The van der Waals surface area contributed by atoms with Crippen LogP contribution in [0.1, 0.15) is 26.3 Å². The molecule has 0 unspecified atom stereocenters. The fourth-order valence-corrected chi connectivity index (χ4v) is 1.18. The van der Waals surface area contributed by atoms with Gasteiger partial charge in [0.2, 0.25) is 0 Å². The Balaban J connectivity index is 2.84. The summed E-state index contributed by atoms with van der Waals surface area (Å²) in [6, 6.07) is 7.84. The number of aldehydes is 1. The summed E-state index contributed by atoms with van der Waals surface area (Å²) >= 11 is 0. The summed E-state index contributed by atoms with van der Waals surface area (Å²) in [6.45, 7) is 6.55. The number of hydrogen-bond acceptors (Lipinski definition) is 2. The minimum atomic E-state index is 0.112. The molecule has 0 saturated carbocycles. The lowest BCUT2D eigenvalue weighted by atomic mass is 9.87. The SMILES string of the molecule is CC(C)(C)c1cccc(OCC=O)c1. The van der Waals surface area contributed by atoms with Crippen LogP contribution < -0.4 is 4.74 Å². The van der Waals surface area contributed by atoms with Gasteiger partial charge in [0.15, 0.2) is 6.29 Å². The van der Waals surface area contributed by atoms with Gasteiger partial charge in [0.25, 0.3) is 0 Å². The first kappa shape index (κ1) is 10.8. The number of hydrogen-bond donors (Lipinski definition) is 0. The minimum Gasteiger partial charge on any atom is -0.486 e. The van der Waals surface area contributed by atoms with Crippen LogP contribution in [0.4, 0.5) is 0 Å². The van der Waals surface area contributed by atoms with Gasteiger partial charge in [-0.2, -0.15) is 0 Å². The van der Waals surface area contributed by atoms with E-state index in [1.54, 1.807) is 0 Å². The van der Waals surface area contributed by atoms with Gasteiger partial charge >= 0.3 is 0 Å². The number of carbonyl (C=O) groups excluding carboxylic acids is 1. The predicted molar refractivity (Wildman–Crippen MR) is 56.7 cm³/mol. The Labute approximate surface area is 84.9 Å². The van der Waals surface area contributed by atoms with E-state index >= 15 is 0 Å². The standard InChI is InChI=1S/C12H16O2/c1-12(2,3)10-5-4-6-11(9-10)14-8-7-13/h4-7,9H,8H2,1-3H3. The van der Waals surface area contributed by atoms with Crippen LogP contribution in [0, 0.1) is 0 Å². The van der Waals surface area contributed by atoms with Gasteiger partial charge in [-0.15, -0.1) is 0 Å². The van der Waals surface area contributed by atoms with Gasteiger partial charge in [0, 0.05) is 0 Å². The summed E-state index contributed by atoms with van der Waals surface area (Å²) < 4.78 is 5.22.